The molecule has 166 valence electrons. The van der Waals surface area contributed by atoms with Crippen LogP contribution in [0.1, 0.15) is 64.8 Å². The quantitative estimate of drug-likeness (QED) is 0.415. The molecule has 7 heteroatoms. The van der Waals surface area contributed by atoms with E-state index < -0.39 is 17.4 Å². The fourth-order valence-electron chi connectivity index (χ4n) is 3.52. The fraction of sp³-hybridized carbons (Fsp3) is 0.375. The van der Waals surface area contributed by atoms with E-state index in [1.54, 1.807) is 11.3 Å². The lowest BCUT2D eigenvalue weighted by molar-refractivity contribution is -0.137. The second-order valence-electron chi connectivity index (χ2n) is 7.60. The van der Waals surface area contributed by atoms with Gasteiger partial charge in [0.25, 0.3) is 0 Å². The van der Waals surface area contributed by atoms with Crippen LogP contribution in [0.15, 0.2) is 51.7 Å². The molecule has 1 aromatic carbocycles. The Morgan fingerprint density at radius 2 is 1.74 bits per heavy atom. The monoisotopic (exact) mass is 450 g/mol. The fourth-order valence-corrected chi connectivity index (χ4v) is 4.65. The molecule has 0 amide bonds. The largest absolute Gasteiger partial charge is 0.507 e. The van der Waals surface area contributed by atoms with Crippen LogP contribution in [0, 0.1) is 0 Å². The van der Waals surface area contributed by atoms with Crippen molar-refractivity contribution >= 4 is 11.3 Å². The molecule has 3 rings (SSSR count). The molecule has 0 aliphatic carbocycles. The third kappa shape index (κ3) is 5.79. The molecule has 3 aromatic rings. The molecule has 1 N–H and O–H groups in total. The van der Waals surface area contributed by atoms with Crippen LogP contribution in [0.5, 0.6) is 5.75 Å². The first-order chi connectivity index (χ1) is 14.7. The predicted molar refractivity (Wildman–Crippen MR) is 116 cm³/mol. The minimum atomic E-state index is -4.38. The first kappa shape index (κ1) is 23.1. The smallest absolute Gasteiger partial charge is 0.416 e. The molecule has 0 saturated heterocycles. The van der Waals surface area contributed by atoms with Gasteiger partial charge in [0.2, 0.25) is 0 Å². The Balaban J connectivity index is 1.78. The minimum Gasteiger partial charge on any atom is -0.507 e. The van der Waals surface area contributed by atoms with Crippen LogP contribution >= 0.6 is 11.3 Å². The SMILES string of the molecule is CCCc1ccc(Cc2c(O)cc(C(CC)Cc3ccc(C(F)(F)F)cc3)oc2=O)s1. The maximum atomic E-state index is 12.8. The predicted octanol–water partition coefficient (Wildman–Crippen LogP) is 6.71. The van der Waals surface area contributed by atoms with Crippen LogP contribution in [-0.2, 0) is 25.4 Å². The zero-order valence-corrected chi connectivity index (χ0v) is 18.3. The summed E-state index contributed by atoms with van der Waals surface area (Å²) in [5, 5.41) is 10.5. The molecule has 0 saturated carbocycles. The van der Waals surface area contributed by atoms with Crippen LogP contribution in [0.3, 0.4) is 0 Å². The molecule has 0 bridgehead atoms. The van der Waals surface area contributed by atoms with Crippen molar-refractivity contribution in [2.24, 2.45) is 0 Å². The number of alkyl halides is 3. The van der Waals surface area contributed by atoms with E-state index in [1.165, 1.54) is 23.1 Å². The summed E-state index contributed by atoms with van der Waals surface area (Å²) < 4.78 is 43.8. The van der Waals surface area contributed by atoms with Gasteiger partial charge >= 0.3 is 11.8 Å². The van der Waals surface area contributed by atoms with E-state index in [-0.39, 0.29) is 17.2 Å². The van der Waals surface area contributed by atoms with Gasteiger partial charge in [-0.05, 0) is 49.1 Å². The Hall–Kier alpha value is -2.54. The lowest BCUT2D eigenvalue weighted by Gasteiger charge is -2.15. The molecule has 1 unspecified atom stereocenters. The van der Waals surface area contributed by atoms with E-state index in [0.717, 1.165) is 29.9 Å². The normalized spacial score (nSPS) is 12.8. The van der Waals surface area contributed by atoms with Gasteiger partial charge in [-0.3, -0.25) is 0 Å². The molecule has 0 spiro atoms. The van der Waals surface area contributed by atoms with Gasteiger partial charge in [0.05, 0.1) is 11.1 Å². The molecule has 0 fully saturated rings. The zero-order chi connectivity index (χ0) is 22.6. The standard InChI is InChI=1S/C24H25F3O3S/c1-3-5-18-10-11-19(31-18)13-20-21(28)14-22(30-23(20)29)16(4-2)12-15-6-8-17(9-7-15)24(25,26)27/h6-11,14,16,28H,3-5,12-13H2,1-2H3. The van der Waals surface area contributed by atoms with Crippen molar-refractivity contribution in [2.45, 2.75) is 58.0 Å². The zero-order valence-electron chi connectivity index (χ0n) is 17.5. The average Bonchev–Trinajstić information content (AvgIpc) is 3.16. The van der Waals surface area contributed by atoms with E-state index in [4.69, 9.17) is 4.42 Å². The Kier molecular flexibility index (Phi) is 7.26. The number of aromatic hydroxyl groups is 1. The summed E-state index contributed by atoms with van der Waals surface area (Å²) in [5.74, 6) is -0.00339. The van der Waals surface area contributed by atoms with Crippen molar-refractivity contribution in [3.63, 3.8) is 0 Å². The van der Waals surface area contributed by atoms with Crippen molar-refractivity contribution in [3.8, 4) is 5.75 Å². The molecule has 0 aliphatic heterocycles. The van der Waals surface area contributed by atoms with E-state index in [1.807, 2.05) is 19.1 Å². The molecule has 31 heavy (non-hydrogen) atoms. The van der Waals surface area contributed by atoms with Crippen molar-refractivity contribution in [1.29, 1.82) is 0 Å². The summed E-state index contributed by atoms with van der Waals surface area (Å²) in [6.45, 7) is 4.01. The summed E-state index contributed by atoms with van der Waals surface area (Å²) in [5.41, 5.74) is -0.356. The van der Waals surface area contributed by atoms with Gasteiger partial charge in [0, 0.05) is 28.2 Å². The number of aryl methyl sites for hydroxylation is 1. The van der Waals surface area contributed by atoms with Crippen LogP contribution in [0.2, 0.25) is 0 Å². The molecule has 3 nitrogen and oxygen atoms in total. The average molecular weight is 451 g/mol. The van der Waals surface area contributed by atoms with Gasteiger partial charge in [-0.25, -0.2) is 4.79 Å². The summed E-state index contributed by atoms with van der Waals surface area (Å²) in [6.07, 6.45) is -1.04. The van der Waals surface area contributed by atoms with Crippen molar-refractivity contribution in [2.75, 3.05) is 0 Å². The molecular formula is C24H25F3O3S. The number of benzene rings is 1. The molecule has 0 radical (unpaired) electrons. The van der Waals surface area contributed by atoms with Gasteiger partial charge < -0.3 is 9.52 Å². The van der Waals surface area contributed by atoms with E-state index in [2.05, 4.69) is 6.92 Å². The van der Waals surface area contributed by atoms with Gasteiger partial charge in [0.1, 0.15) is 11.5 Å². The summed E-state index contributed by atoms with van der Waals surface area (Å²) in [7, 11) is 0. The molecule has 2 heterocycles. The van der Waals surface area contributed by atoms with Crippen molar-refractivity contribution in [1.82, 2.24) is 0 Å². The molecule has 2 aromatic heterocycles. The first-order valence-electron chi connectivity index (χ1n) is 10.3. The van der Waals surface area contributed by atoms with E-state index in [9.17, 15) is 23.1 Å². The highest BCUT2D eigenvalue weighted by Crippen LogP contribution is 2.32. The Morgan fingerprint density at radius 1 is 1.06 bits per heavy atom. The van der Waals surface area contributed by atoms with Crippen LogP contribution < -0.4 is 5.63 Å². The van der Waals surface area contributed by atoms with Gasteiger partial charge in [0.15, 0.2) is 0 Å². The topological polar surface area (TPSA) is 50.4 Å². The maximum Gasteiger partial charge on any atom is 0.416 e. The number of thiophene rings is 1. The Morgan fingerprint density at radius 3 is 2.32 bits per heavy atom. The number of halogens is 3. The van der Waals surface area contributed by atoms with Crippen LogP contribution in [0.25, 0.3) is 0 Å². The first-order valence-corrected chi connectivity index (χ1v) is 11.1. The number of rotatable bonds is 8. The molecule has 0 aliphatic rings. The highest BCUT2D eigenvalue weighted by molar-refractivity contribution is 7.12. The Labute approximate surface area is 183 Å². The van der Waals surface area contributed by atoms with Gasteiger partial charge in [-0.1, -0.05) is 32.4 Å². The third-order valence-corrected chi connectivity index (χ3v) is 6.41. The second-order valence-corrected chi connectivity index (χ2v) is 8.85. The second kappa shape index (κ2) is 9.73. The maximum absolute atomic E-state index is 12.8. The highest BCUT2D eigenvalue weighted by atomic mass is 32.1. The molecule has 1 atom stereocenters. The van der Waals surface area contributed by atoms with E-state index in [0.29, 0.717) is 30.6 Å². The van der Waals surface area contributed by atoms with Gasteiger partial charge in [-0.2, -0.15) is 13.2 Å². The third-order valence-electron chi connectivity index (χ3n) is 5.27. The summed E-state index contributed by atoms with van der Waals surface area (Å²) >= 11 is 1.62. The summed E-state index contributed by atoms with van der Waals surface area (Å²) in [6, 6.07) is 10.4. The molecular weight excluding hydrogens is 425 g/mol. The number of hydrogen-bond acceptors (Lipinski definition) is 4. The Bertz CT molecular complexity index is 1060. The lowest BCUT2D eigenvalue weighted by Crippen LogP contribution is -2.12. The van der Waals surface area contributed by atoms with Gasteiger partial charge in [-0.15, -0.1) is 11.3 Å². The van der Waals surface area contributed by atoms with Crippen LogP contribution in [0.4, 0.5) is 13.2 Å². The van der Waals surface area contributed by atoms with Crippen molar-refractivity contribution in [3.05, 3.63) is 85.1 Å². The lowest BCUT2D eigenvalue weighted by atomic mass is 9.93. The van der Waals surface area contributed by atoms with E-state index >= 15 is 0 Å². The minimum absolute atomic E-state index is 0.109. The van der Waals surface area contributed by atoms with Crippen molar-refractivity contribution < 1.29 is 22.7 Å². The number of hydrogen-bond donors (Lipinski definition) is 1. The highest BCUT2D eigenvalue weighted by Gasteiger charge is 2.30. The van der Waals surface area contributed by atoms with Crippen LogP contribution in [-0.4, -0.2) is 5.11 Å². The summed E-state index contributed by atoms with van der Waals surface area (Å²) in [4.78, 5) is 14.8.